The Hall–Kier alpha value is -1.63. The largest absolute Gasteiger partial charge is 0.344 e. The van der Waals surface area contributed by atoms with E-state index in [1.807, 2.05) is 25.1 Å². The molecule has 0 fully saturated rings. The highest BCUT2D eigenvalue weighted by Gasteiger charge is 2.21. The van der Waals surface area contributed by atoms with Crippen LogP contribution in [0.25, 0.3) is 10.2 Å². The molecule has 124 valence electrons. The van der Waals surface area contributed by atoms with Gasteiger partial charge < -0.3 is 4.90 Å². The molecule has 24 heavy (non-hydrogen) atoms. The van der Waals surface area contributed by atoms with Gasteiger partial charge in [-0.25, -0.2) is 9.97 Å². The van der Waals surface area contributed by atoms with Crippen LogP contribution in [-0.2, 0) is 5.75 Å². The van der Waals surface area contributed by atoms with Crippen molar-refractivity contribution in [2.45, 2.75) is 17.8 Å². The van der Waals surface area contributed by atoms with Crippen molar-refractivity contribution in [2.24, 2.45) is 0 Å². The molecule has 0 saturated carbocycles. The van der Waals surface area contributed by atoms with Crippen LogP contribution in [-0.4, -0.2) is 34.9 Å². The summed E-state index contributed by atoms with van der Waals surface area (Å²) >= 11 is 9.27. The normalized spacial score (nSPS) is 11.0. The highest BCUT2D eigenvalue weighted by Crippen LogP contribution is 2.35. The van der Waals surface area contributed by atoms with Crippen LogP contribution in [0.1, 0.15) is 20.8 Å². The smallest absolute Gasteiger partial charge is 0.263 e. The van der Waals surface area contributed by atoms with Crippen LogP contribution < -0.4 is 0 Å². The fourth-order valence-electron chi connectivity index (χ4n) is 2.27. The van der Waals surface area contributed by atoms with Gasteiger partial charge in [0.1, 0.15) is 9.98 Å². The van der Waals surface area contributed by atoms with Gasteiger partial charge in [0.05, 0.1) is 10.3 Å². The van der Waals surface area contributed by atoms with E-state index in [9.17, 15) is 4.79 Å². The number of hydrogen-bond donors (Lipinski definition) is 0. The van der Waals surface area contributed by atoms with Gasteiger partial charge in [0.2, 0.25) is 0 Å². The Labute approximate surface area is 153 Å². The first-order valence-corrected chi connectivity index (χ1v) is 9.50. The van der Waals surface area contributed by atoms with E-state index in [2.05, 4.69) is 22.1 Å². The molecule has 3 rings (SSSR count). The Balaban J connectivity index is 1.93. The minimum absolute atomic E-state index is 0.0370. The SMILES string of the molecule is Cc1c(C(=O)N(C)C)sc2nc(SCc3ccccc3)nc(Cl)c12. The monoisotopic (exact) mass is 377 g/mol. The fraction of sp³-hybridized carbons (Fsp3) is 0.235. The van der Waals surface area contributed by atoms with Crippen LogP contribution in [0.3, 0.4) is 0 Å². The number of fused-ring (bicyclic) bond motifs is 1. The summed E-state index contributed by atoms with van der Waals surface area (Å²) in [5.74, 6) is 0.737. The predicted octanol–water partition coefficient (Wildman–Crippen LogP) is 4.65. The second-order valence-corrected chi connectivity index (χ2v) is 7.81. The quantitative estimate of drug-likeness (QED) is 0.377. The summed E-state index contributed by atoms with van der Waals surface area (Å²) in [6.07, 6.45) is 0. The second kappa shape index (κ2) is 7.09. The minimum atomic E-state index is -0.0370. The summed E-state index contributed by atoms with van der Waals surface area (Å²) in [7, 11) is 3.47. The topological polar surface area (TPSA) is 46.1 Å². The zero-order valence-corrected chi connectivity index (χ0v) is 15.9. The van der Waals surface area contributed by atoms with Crippen molar-refractivity contribution in [3.05, 3.63) is 51.5 Å². The van der Waals surface area contributed by atoms with Gasteiger partial charge in [-0.05, 0) is 18.1 Å². The first-order valence-electron chi connectivity index (χ1n) is 7.32. The van der Waals surface area contributed by atoms with Crippen molar-refractivity contribution < 1.29 is 4.79 Å². The third kappa shape index (κ3) is 3.41. The summed E-state index contributed by atoms with van der Waals surface area (Å²) in [4.78, 5) is 24.2. The van der Waals surface area contributed by atoms with Gasteiger partial charge in [0.25, 0.3) is 5.91 Å². The number of thioether (sulfide) groups is 1. The third-order valence-electron chi connectivity index (χ3n) is 3.54. The van der Waals surface area contributed by atoms with Gasteiger partial charge in [-0.1, -0.05) is 53.7 Å². The number of benzene rings is 1. The lowest BCUT2D eigenvalue weighted by atomic mass is 10.2. The van der Waals surface area contributed by atoms with E-state index in [-0.39, 0.29) is 5.91 Å². The molecule has 0 atom stereocenters. The molecule has 0 N–H and O–H groups in total. The number of amides is 1. The molecule has 0 aliphatic carbocycles. The van der Waals surface area contributed by atoms with Crippen LogP contribution in [0.15, 0.2) is 35.5 Å². The van der Waals surface area contributed by atoms with E-state index in [0.29, 0.717) is 15.2 Å². The highest BCUT2D eigenvalue weighted by atomic mass is 35.5. The van der Waals surface area contributed by atoms with E-state index in [1.54, 1.807) is 19.0 Å². The van der Waals surface area contributed by atoms with Crippen LogP contribution in [0, 0.1) is 6.92 Å². The van der Waals surface area contributed by atoms with Gasteiger partial charge in [0.15, 0.2) is 5.16 Å². The van der Waals surface area contributed by atoms with Crippen LogP contribution >= 0.6 is 34.7 Å². The molecule has 0 aliphatic heterocycles. The van der Waals surface area contributed by atoms with Crippen molar-refractivity contribution in [1.82, 2.24) is 14.9 Å². The Morgan fingerprint density at radius 3 is 2.62 bits per heavy atom. The fourth-order valence-corrected chi connectivity index (χ4v) is 4.74. The Morgan fingerprint density at radius 1 is 1.25 bits per heavy atom. The van der Waals surface area contributed by atoms with Gasteiger partial charge in [-0.3, -0.25) is 4.79 Å². The minimum Gasteiger partial charge on any atom is -0.344 e. The lowest BCUT2D eigenvalue weighted by molar-refractivity contribution is 0.0831. The molecule has 0 spiro atoms. The van der Waals surface area contributed by atoms with Gasteiger partial charge in [-0.15, -0.1) is 11.3 Å². The van der Waals surface area contributed by atoms with E-state index in [0.717, 1.165) is 21.5 Å². The number of aromatic nitrogens is 2. The van der Waals surface area contributed by atoms with Crippen molar-refractivity contribution >= 4 is 50.8 Å². The van der Waals surface area contributed by atoms with Crippen molar-refractivity contribution in [1.29, 1.82) is 0 Å². The Morgan fingerprint density at radius 2 is 1.96 bits per heavy atom. The predicted molar refractivity (Wildman–Crippen MR) is 101 cm³/mol. The number of aryl methyl sites for hydroxylation is 1. The number of thiophene rings is 1. The first kappa shape index (κ1) is 17.2. The number of hydrogen-bond acceptors (Lipinski definition) is 5. The molecular formula is C17H16ClN3OS2. The van der Waals surface area contributed by atoms with Crippen LogP contribution in [0.2, 0.25) is 5.15 Å². The van der Waals surface area contributed by atoms with Crippen LogP contribution in [0.5, 0.6) is 0 Å². The third-order valence-corrected chi connectivity index (χ3v) is 5.90. The molecule has 3 aromatic rings. The van der Waals surface area contributed by atoms with Gasteiger partial charge >= 0.3 is 0 Å². The molecule has 2 aromatic heterocycles. The molecule has 7 heteroatoms. The molecule has 0 radical (unpaired) electrons. The number of carbonyl (C=O) groups excluding carboxylic acids is 1. The number of carbonyl (C=O) groups is 1. The van der Waals surface area contributed by atoms with Crippen molar-refractivity contribution in [3.63, 3.8) is 0 Å². The number of nitrogens with zero attached hydrogens (tertiary/aromatic N) is 3. The van der Waals surface area contributed by atoms with E-state index in [1.165, 1.54) is 28.7 Å². The average molecular weight is 378 g/mol. The van der Waals surface area contributed by atoms with Crippen LogP contribution in [0.4, 0.5) is 0 Å². The molecule has 0 aliphatic rings. The average Bonchev–Trinajstić information content (AvgIpc) is 2.90. The lowest BCUT2D eigenvalue weighted by Gasteiger charge is -2.08. The second-order valence-electron chi connectivity index (χ2n) is 5.51. The number of rotatable bonds is 4. The number of halogens is 1. The van der Waals surface area contributed by atoms with Crippen molar-refractivity contribution in [2.75, 3.05) is 14.1 Å². The maximum Gasteiger partial charge on any atom is 0.263 e. The zero-order valence-electron chi connectivity index (χ0n) is 13.5. The standard InChI is InChI=1S/C17H16ClN3OS2/c1-10-12-14(18)19-17(23-9-11-7-5-4-6-8-11)20-15(12)24-13(10)16(22)21(2)3/h4-8H,9H2,1-3H3. The van der Waals surface area contributed by atoms with E-state index >= 15 is 0 Å². The zero-order chi connectivity index (χ0) is 17.3. The highest BCUT2D eigenvalue weighted by molar-refractivity contribution is 7.98. The van der Waals surface area contributed by atoms with E-state index in [4.69, 9.17) is 11.6 Å². The maximum atomic E-state index is 12.3. The van der Waals surface area contributed by atoms with Gasteiger partial charge in [-0.2, -0.15) is 0 Å². The Bertz CT molecular complexity index is 894. The first-order chi connectivity index (χ1) is 11.5. The summed E-state index contributed by atoms with van der Waals surface area (Å²) in [6, 6.07) is 10.1. The summed E-state index contributed by atoms with van der Waals surface area (Å²) < 4.78 is 0. The van der Waals surface area contributed by atoms with Gasteiger partial charge in [0, 0.05) is 19.8 Å². The molecule has 0 bridgehead atoms. The molecule has 0 saturated heterocycles. The molecular weight excluding hydrogens is 362 g/mol. The summed E-state index contributed by atoms with van der Waals surface area (Å²) in [6.45, 7) is 1.89. The molecule has 1 amide bonds. The Kier molecular flexibility index (Phi) is 5.08. The van der Waals surface area contributed by atoms with E-state index < -0.39 is 0 Å². The maximum absolute atomic E-state index is 12.3. The summed E-state index contributed by atoms with van der Waals surface area (Å²) in [5.41, 5.74) is 2.05. The summed E-state index contributed by atoms with van der Waals surface area (Å²) in [5, 5.41) is 1.81. The molecule has 4 nitrogen and oxygen atoms in total. The molecule has 0 unspecified atom stereocenters. The molecule has 2 heterocycles. The van der Waals surface area contributed by atoms with Crippen molar-refractivity contribution in [3.8, 4) is 0 Å². The molecule has 1 aromatic carbocycles. The lowest BCUT2D eigenvalue weighted by Crippen LogP contribution is -2.21.